The standard InChI is InChI=1S/C12H18N2O3S/c13-9-10-5-1-3-7-14(10)12(15)11-6-2-4-8-18(11,16)17/h10-11H,1-8H2. The minimum Gasteiger partial charge on any atom is -0.326 e. The van der Waals surface area contributed by atoms with Crippen LogP contribution in [0, 0.1) is 11.3 Å². The van der Waals surface area contributed by atoms with Crippen LogP contribution in [0.4, 0.5) is 0 Å². The van der Waals surface area contributed by atoms with Gasteiger partial charge < -0.3 is 4.90 Å². The summed E-state index contributed by atoms with van der Waals surface area (Å²) in [5, 5.41) is 8.14. The normalized spacial score (nSPS) is 31.6. The smallest absolute Gasteiger partial charge is 0.241 e. The van der Waals surface area contributed by atoms with Crippen LogP contribution in [-0.2, 0) is 14.6 Å². The fourth-order valence-corrected chi connectivity index (χ4v) is 4.61. The molecule has 18 heavy (non-hydrogen) atoms. The summed E-state index contributed by atoms with van der Waals surface area (Å²) in [4.78, 5) is 13.8. The molecule has 2 aliphatic rings. The molecule has 2 saturated heterocycles. The Morgan fingerprint density at radius 3 is 2.56 bits per heavy atom. The maximum Gasteiger partial charge on any atom is 0.241 e. The van der Waals surface area contributed by atoms with Crippen LogP contribution >= 0.6 is 0 Å². The number of carbonyl (C=O) groups is 1. The zero-order valence-electron chi connectivity index (χ0n) is 10.3. The second-order valence-corrected chi connectivity index (χ2v) is 7.33. The summed E-state index contributed by atoms with van der Waals surface area (Å²) in [6.07, 6.45) is 4.29. The molecule has 2 unspecified atom stereocenters. The quantitative estimate of drug-likeness (QED) is 0.708. The molecule has 100 valence electrons. The fourth-order valence-electron chi connectivity index (χ4n) is 2.75. The van der Waals surface area contributed by atoms with Crippen molar-refractivity contribution in [2.24, 2.45) is 0 Å². The second kappa shape index (κ2) is 5.27. The molecule has 0 radical (unpaired) electrons. The van der Waals surface area contributed by atoms with Crippen molar-refractivity contribution in [3.63, 3.8) is 0 Å². The number of nitriles is 1. The zero-order valence-corrected chi connectivity index (χ0v) is 11.2. The maximum absolute atomic E-state index is 12.3. The highest BCUT2D eigenvalue weighted by Gasteiger charge is 2.39. The molecule has 5 nitrogen and oxygen atoms in total. The van der Waals surface area contributed by atoms with Crippen molar-refractivity contribution in [3.05, 3.63) is 0 Å². The minimum absolute atomic E-state index is 0.106. The van der Waals surface area contributed by atoms with E-state index in [0.717, 1.165) is 19.3 Å². The molecule has 6 heteroatoms. The van der Waals surface area contributed by atoms with Gasteiger partial charge in [-0.1, -0.05) is 6.42 Å². The average molecular weight is 270 g/mol. The van der Waals surface area contributed by atoms with Crippen molar-refractivity contribution in [2.45, 2.75) is 49.8 Å². The molecular formula is C12H18N2O3S. The van der Waals surface area contributed by atoms with Crippen molar-refractivity contribution in [2.75, 3.05) is 12.3 Å². The van der Waals surface area contributed by atoms with Crippen LogP contribution in [0.15, 0.2) is 0 Å². The lowest BCUT2D eigenvalue weighted by Crippen LogP contribution is -2.50. The Morgan fingerprint density at radius 2 is 1.89 bits per heavy atom. The molecule has 0 spiro atoms. The van der Waals surface area contributed by atoms with E-state index in [1.807, 2.05) is 0 Å². The molecule has 0 aromatic rings. The van der Waals surface area contributed by atoms with Crippen LogP contribution in [0.5, 0.6) is 0 Å². The molecule has 1 amide bonds. The van der Waals surface area contributed by atoms with E-state index in [4.69, 9.17) is 5.26 Å². The summed E-state index contributed by atoms with van der Waals surface area (Å²) in [6, 6.07) is 1.67. The van der Waals surface area contributed by atoms with Crippen molar-refractivity contribution < 1.29 is 13.2 Å². The Hall–Kier alpha value is -1.09. The summed E-state index contributed by atoms with van der Waals surface area (Å²) in [6.45, 7) is 0.517. The van der Waals surface area contributed by atoms with E-state index in [9.17, 15) is 13.2 Å². The topological polar surface area (TPSA) is 78.2 Å². The highest BCUT2D eigenvalue weighted by Crippen LogP contribution is 2.25. The molecule has 2 atom stereocenters. The Labute approximate surface area is 108 Å². The molecule has 0 aliphatic carbocycles. The Morgan fingerprint density at radius 1 is 1.17 bits per heavy atom. The van der Waals surface area contributed by atoms with E-state index in [0.29, 0.717) is 25.8 Å². The van der Waals surface area contributed by atoms with E-state index >= 15 is 0 Å². The summed E-state index contributed by atoms with van der Waals surface area (Å²) >= 11 is 0. The lowest BCUT2D eigenvalue weighted by atomic mass is 10.0. The number of piperidine rings is 1. The summed E-state index contributed by atoms with van der Waals surface area (Å²) in [7, 11) is -3.30. The Bertz CT molecular complexity index is 466. The van der Waals surface area contributed by atoms with E-state index < -0.39 is 21.1 Å². The van der Waals surface area contributed by atoms with Gasteiger partial charge in [0.15, 0.2) is 9.84 Å². The van der Waals surface area contributed by atoms with Gasteiger partial charge in [0.1, 0.15) is 11.3 Å². The second-order valence-electron chi connectivity index (χ2n) is 5.02. The Kier molecular flexibility index (Phi) is 3.91. The molecule has 2 fully saturated rings. The van der Waals surface area contributed by atoms with Crippen LogP contribution in [-0.4, -0.2) is 42.8 Å². The molecule has 0 saturated carbocycles. The van der Waals surface area contributed by atoms with Crippen molar-refractivity contribution in [1.29, 1.82) is 5.26 Å². The SMILES string of the molecule is N#CC1CCCCN1C(=O)C1CCCCS1(=O)=O. The number of hydrogen-bond donors (Lipinski definition) is 0. The number of rotatable bonds is 1. The summed E-state index contributed by atoms with van der Waals surface area (Å²) in [5.74, 6) is -0.241. The monoisotopic (exact) mass is 270 g/mol. The van der Waals surface area contributed by atoms with Crippen molar-refractivity contribution >= 4 is 15.7 Å². The third kappa shape index (κ3) is 2.51. The lowest BCUT2D eigenvalue weighted by Gasteiger charge is -2.34. The predicted molar refractivity (Wildman–Crippen MR) is 66.4 cm³/mol. The highest BCUT2D eigenvalue weighted by atomic mass is 32.2. The van der Waals surface area contributed by atoms with E-state index in [2.05, 4.69) is 6.07 Å². The van der Waals surface area contributed by atoms with Gasteiger partial charge in [-0.2, -0.15) is 5.26 Å². The molecule has 0 N–H and O–H groups in total. The van der Waals surface area contributed by atoms with Gasteiger partial charge >= 0.3 is 0 Å². The van der Waals surface area contributed by atoms with Crippen LogP contribution in [0.25, 0.3) is 0 Å². The third-order valence-corrected chi connectivity index (χ3v) is 5.95. The zero-order chi connectivity index (χ0) is 13.2. The van der Waals surface area contributed by atoms with Crippen LogP contribution in [0.1, 0.15) is 38.5 Å². The average Bonchev–Trinajstić information content (AvgIpc) is 2.37. The molecule has 0 aromatic heterocycles. The van der Waals surface area contributed by atoms with Crippen LogP contribution in [0.2, 0.25) is 0 Å². The molecule has 0 bridgehead atoms. The Balaban J connectivity index is 2.17. The number of likely N-dealkylation sites (tertiary alicyclic amines) is 1. The van der Waals surface area contributed by atoms with Crippen molar-refractivity contribution in [3.8, 4) is 6.07 Å². The molecule has 2 rings (SSSR count). The first-order valence-corrected chi connectivity index (χ1v) is 8.19. The van der Waals surface area contributed by atoms with Gasteiger partial charge in [0.25, 0.3) is 0 Å². The first-order valence-electron chi connectivity index (χ1n) is 6.48. The van der Waals surface area contributed by atoms with Gasteiger partial charge in [-0.25, -0.2) is 8.42 Å². The number of carbonyl (C=O) groups excluding carboxylic acids is 1. The molecular weight excluding hydrogens is 252 g/mol. The minimum atomic E-state index is -3.30. The number of sulfone groups is 1. The summed E-state index contributed by atoms with van der Waals surface area (Å²) < 4.78 is 23.9. The van der Waals surface area contributed by atoms with Crippen LogP contribution < -0.4 is 0 Å². The van der Waals surface area contributed by atoms with Gasteiger partial charge in [-0.15, -0.1) is 0 Å². The maximum atomic E-state index is 12.3. The van der Waals surface area contributed by atoms with Crippen molar-refractivity contribution in [1.82, 2.24) is 4.90 Å². The fraction of sp³-hybridized carbons (Fsp3) is 0.833. The first-order chi connectivity index (χ1) is 8.56. The first kappa shape index (κ1) is 13.3. The molecule has 2 heterocycles. The number of hydrogen-bond acceptors (Lipinski definition) is 4. The van der Waals surface area contributed by atoms with Gasteiger partial charge in [0.2, 0.25) is 5.91 Å². The summed E-state index contributed by atoms with van der Waals surface area (Å²) in [5.41, 5.74) is 0. The largest absolute Gasteiger partial charge is 0.326 e. The van der Waals surface area contributed by atoms with Gasteiger partial charge in [-0.3, -0.25) is 4.79 Å². The van der Waals surface area contributed by atoms with Gasteiger partial charge in [0.05, 0.1) is 11.8 Å². The lowest BCUT2D eigenvalue weighted by molar-refractivity contribution is -0.133. The number of nitrogens with zero attached hydrogens (tertiary/aromatic N) is 2. The predicted octanol–water partition coefficient (Wildman–Crippen LogP) is 0.858. The third-order valence-electron chi connectivity index (χ3n) is 3.79. The van der Waals surface area contributed by atoms with Crippen LogP contribution in [0.3, 0.4) is 0 Å². The number of amides is 1. The highest BCUT2D eigenvalue weighted by molar-refractivity contribution is 7.92. The molecule has 2 aliphatic heterocycles. The molecule has 0 aromatic carbocycles. The van der Waals surface area contributed by atoms with E-state index in [-0.39, 0.29) is 11.7 Å². The van der Waals surface area contributed by atoms with Gasteiger partial charge in [-0.05, 0) is 32.1 Å². The van der Waals surface area contributed by atoms with E-state index in [1.54, 1.807) is 0 Å². The van der Waals surface area contributed by atoms with E-state index in [1.165, 1.54) is 4.90 Å². The van der Waals surface area contributed by atoms with Gasteiger partial charge in [0, 0.05) is 6.54 Å².